The van der Waals surface area contributed by atoms with E-state index in [1.54, 1.807) is 0 Å². The van der Waals surface area contributed by atoms with Gasteiger partial charge < -0.3 is 0 Å². The normalized spacial score (nSPS) is 9.50. The third-order valence-corrected chi connectivity index (χ3v) is 2.00. The maximum atomic E-state index is 11.0. The van der Waals surface area contributed by atoms with Gasteiger partial charge in [-0.3, -0.25) is 4.79 Å². The Morgan fingerprint density at radius 3 is 2.56 bits per heavy atom. The SMILES string of the molecule is C=C(CCc1ccccc1)C(=O)O[N+](=O)[O-]. The first-order valence-electron chi connectivity index (χ1n) is 4.68. The molecule has 0 aromatic heterocycles. The van der Waals surface area contributed by atoms with Crippen molar-refractivity contribution in [1.82, 2.24) is 0 Å². The van der Waals surface area contributed by atoms with Crippen molar-refractivity contribution in [2.45, 2.75) is 12.8 Å². The molecule has 16 heavy (non-hydrogen) atoms. The summed E-state index contributed by atoms with van der Waals surface area (Å²) in [5.41, 5.74) is 1.14. The number of carbonyl (C=O) groups is 1. The third-order valence-electron chi connectivity index (χ3n) is 2.00. The van der Waals surface area contributed by atoms with E-state index < -0.39 is 11.1 Å². The molecule has 0 unspecified atom stereocenters. The summed E-state index contributed by atoms with van der Waals surface area (Å²) < 4.78 is 0. The Hall–Kier alpha value is -2.17. The summed E-state index contributed by atoms with van der Waals surface area (Å²) in [7, 11) is 0. The number of nitrogens with zero attached hydrogens (tertiary/aromatic N) is 1. The molecule has 84 valence electrons. The Kier molecular flexibility index (Phi) is 4.20. The van der Waals surface area contributed by atoms with Crippen LogP contribution >= 0.6 is 0 Å². The topological polar surface area (TPSA) is 69.4 Å². The number of hydrogen-bond donors (Lipinski definition) is 0. The van der Waals surface area contributed by atoms with Crippen molar-refractivity contribution in [3.05, 3.63) is 58.2 Å². The Bertz CT molecular complexity index is 400. The van der Waals surface area contributed by atoms with Gasteiger partial charge in [-0.25, -0.2) is 4.84 Å². The Labute approximate surface area is 92.4 Å². The highest BCUT2D eigenvalue weighted by Gasteiger charge is 2.11. The van der Waals surface area contributed by atoms with Gasteiger partial charge in [-0.05, 0) is 18.4 Å². The first-order chi connectivity index (χ1) is 7.59. The van der Waals surface area contributed by atoms with Gasteiger partial charge in [-0.2, -0.15) is 0 Å². The minimum atomic E-state index is -1.13. The second kappa shape index (κ2) is 5.65. The number of aryl methyl sites for hydroxylation is 1. The van der Waals surface area contributed by atoms with Gasteiger partial charge >= 0.3 is 11.1 Å². The monoisotopic (exact) mass is 221 g/mol. The van der Waals surface area contributed by atoms with Crippen LogP contribution in [0.25, 0.3) is 0 Å². The highest BCUT2D eigenvalue weighted by atomic mass is 17.0. The fraction of sp³-hybridized carbons (Fsp3) is 0.182. The first-order valence-corrected chi connectivity index (χ1v) is 4.68. The van der Waals surface area contributed by atoms with Crippen molar-refractivity contribution in [2.24, 2.45) is 0 Å². The van der Waals surface area contributed by atoms with E-state index in [-0.39, 0.29) is 5.57 Å². The molecule has 0 saturated carbocycles. The van der Waals surface area contributed by atoms with Crippen LogP contribution in [-0.2, 0) is 16.1 Å². The van der Waals surface area contributed by atoms with E-state index in [2.05, 4.69) is 11.4 Å². The fourth-order valence-corrected chi connectivity index (χ4v) is 1.17. The van der Waals surface area contributed by atoms with Gasteiger partial charge in [-0.1, -0.05) is 36.9 Å². The molecule has 1 aromatic rings. The maximum Gasteiger partial charge on any atom is 0.329 e. The van der Waals surface area contributed by atoms with E-state index in [0.717, 1.165) is 5.56 Å². The van der Waals surface area contributed by atoms with Crippen molar-refractivity contribution >= 4 is 5.97 Å². The summed E-state index contributed by atoms with van der Waals surface area (Å²) in [6.45, 7) is 3.44. The van der Waals surface area contributed by atoms with Crippen LogP contribution in [0.15, 0.2) is 42.5 Å². The molecule has 5 heteroatoms. The zero-order chi connectivity index (χ0) is 12.0. The summed E-state index contributed by atoms with van der Waals surface area (Å²) >= 11 is 0. The van der Waals surface area contributed by atoms with Crippen molar-refractivity contribution in [3.63, 3.8) is 0 Å². The lowest BCUT2D eigenvalue weighted by Gasteiger charge is -2.02. The quantitative estimate of drug-likeness (QED) is 0.432. The van der Waals surface area contributed by atoms with Crippen LogP contribution in [0, 0.1) is 10.1 Å². The van der Waals surface area contributed by atoms with Crippen LogP contribution in [0.5, 0.6) is 0 Å². The second-order valence-electron chi connectivity index (χ2n) is 3.19. The summed E-state index contributed by atoms with van der Waals surface area (Å²) in [4.78, 5) is 24.7. The molecule has 1 aromatic carbocycles. The minimum Gasteiger partial charge on any atom is -0.263 e. The van der Waals surface area contributed by atoms with Crippen LogP contribution in [-0.4, -0.2) is 11.1 Å². The zero-order valence-electron chi connectivity index (χ0n) is 8.59. The summed E-state index contributed by atoms with van der Waals surface area (Å²) in [5, 5.41) is 8.78. The first kappa shape index (κ1) is 11.9. The van der Waals surface area contributed by atoms with E-state index >= 15 is 0 Å². The molecule has 0 radical (unpaired) electrons. The summed E-state index contributed by atoms with van der Waals surface area (Å²) in [6, 6.07) is 9.47. The van der Waals surface area contributed by atoms with E-state index in [0.29, 0.717) is 12.8 Å². The van der Waals surface area contributed by atoms with Gasteiger partial charge in [0.15, 0.2) is 0 Å². The molecule has 1 rings (SSSR count). The fourth-order valence-electron chi connectivity index (χ4n) is 1.17. The standard InChI is InChI=1S/C11H11NO4/c1-9(11(13)16-12(14)15)7-8-10-5-3-2-4-6-10/h2-6H,1,7-8H2. The molecule has 0 spiro atoms. The van der Waals surface area contributed by atoms with Crippen LogP contribution < -0.4 is 0 Å². The van der Waals surface area contributed by atoms with Crippen LogP contribution in [0.4, 0.5) is 0 Å². The van der Waals surface area contributed by atoms with Gasteiger partial charge in [0.2, 0.25) is 0 Å². The maximum absolute atomic E-state index is 11.0. The molecule has 0 aliphatic heterocycles. The number of benzene rings is 1. The molecular weight excluding hydrogens is 210 g/mol. The van der Waals surface area contributed by atoms with E-state index in [1.165, 1.54) is 0 Å². The molecule has 0 fully saturated rings. The van der Waals surface area contributed by atoms with Gasteiger partial charge in [-0.15, -0.1) is 10.1 Å². The highest BCUT2D eigenvalue weighted by Crippen LogP contribution is 2.08. The van der Waals surface area contributed by atoms with Crippen LogP contribution in [0.1, 0.15) is 12.0 Å². The smallest absolute Gasteiger partial charge is 0.263 e. The third kappa shape index (κ3) is 3.91. The summed E-state index contributed by atoms with van der Waals surface area (Å²) in [5.74, 6) is -0.985. The molecule has 0 N–H and O–H groups in total. The average molecular weight is 221 g/mol. The second-order valence-corrected chi connectivity index (χ2v) is 3.19. The number of hydrogen-bond acceptors (Lipinski definition) is 4. The predicted octanol–water partition coefficient (Wildman–Crippen LogP) is 1.91. The van der Waals surface area contributed by atoms with Gasteiger partial charge in [0.05, 0.1) is 0 Å². The molecule has 0 atom stereocenters. The molecule has 0 bridgehead atoms. The number of carbonyl (C=O) groups excluding carboxylic acids is 1. The van der Waals surface area contributed by atoms with Gasteiger partial charge in [0, 0.05) is 5.57 Å². The summed E-state index contributed by atoms with van der Waals surface area (Å²) in [6.07, 6.45) is 0.948. The van der Waals surface area contributed by atoms with E-state index in [1.807, 2.05) is 30.3 Å². The lowest BCUT2D eigenvalue weighted by atomic mass is 10.1. The van der Waals surface area contributed by atoms with Crippen LogP contribution in [0.2, 0.25) is 0 Å². The largest absolute Gasteiger partial charge is 0.329 e. The van der Waals surface area contributed by atoms with Gasteiger partial charge in [0.1, 0.15) is 0 Å². The number of rotatable bonds is 5. The zero-order valence-corrected chi connectivity index (χ0v) is 8.59. The Morgan fingerprint density at radius 2 is 2.00 bits per heavy atom. The molecule has 0 aliphatic carbocycles. The van der Waals surface area contributed by atoms with Crippen molar-refractivity contribution in [2.75, 3.05) is 0 Å². The molecular formula is C11H11NO4. The lowest BCUT2D eigenvalue weighted by molar-refractivity contribution is -0.728. The Balaban J connectivity index is 2.41. The molecule has 5 nitrogen and oxygen atoms in total. The highest BCUT2D eigenvalue weighted by molar-refractivity contribution is 5.87. The van der Waals surface area contributed by atoms with Crippen molar-refractivity contribution < 1.29 is 14.7 Å². The Morgan fingerprint density at radius 1 is 1.38 bits per heavy atom. The van der Waals surface area contributed by atoms with Crippen molar-refractivity contribution in [1.29, 1.82) is 0 Å². The predicted molar refractivity (Wildman–Crippen MR) is 57.0 cm³/mol. The van der Waals surface area contributed by atoms with Gasteiger partial charge in [0.25, 0.3) is 0 Å². The van der Waals surface area contributed by atoms with E-state index in [9.17, 15) is 14.9 Å². The molecule has 0 saturated heterocycles. The lowest BCUT2D eigenvalue weighted by Crippen LogP contribution is -2.12. The molecule has 0 heterocycles. The molecule has 0 aliphatic rings. The minimum absolute atomic E-state index is 0.0977. The average Bonchev–Trinajstić information content (AvgIpc) is 2.26. The van der Waals surface area contributed by atoms with E-state index in [4.69, 9.17) is 0 Å². The molecule has 0 amide bonds. The van der Waals surface area contributed by atoms with Crippen molar-refractivity contribution in [3.8, 4) is 0 Å². The van der Waals surface area contributed by atoms with Crippen LogP contribution in [0.3, 0.4) is 0 Å².